The van der Waals surface area contributed by atoms with Crippen LogP contribution in [0.25, 0.3) is 0 Å². The Labute approximate surface area is 109 Å². The van der Waals surface area contributed by atoms with Gasteiger partial charge in [-0.3, -0.25) is 4.79 Å². The van der Waals surface area contributed by atoms with Gasteiger partial charge in [-0.2, -0.15) is 0 Å². The molecular formula is C14H23N3O. The summed E-state index contributed by atoms with van der Waals surface area (Å²) < 4.78 is 0. The average Bonchev–Trinajstić information content (AvgIpc) is 2.28. The first-order valence-corrected chi connectivity index (χ1v) is 6.27. The van der Waals surface area contributed by atoms with Crippen molar-refractivity contribution in [2.45, 2.75) is 32.4 Å². The second-order valence-corrected chi connectivity index (χ2v) is 4.96. The van der Waals surface area contributed by atoms with E-state index in [9.17, 15) is 4.79 Å². The molecule has 0 heterocycles. The van der Waals surface area contributed by atoms with Crippen LogP contribution in [0.3, 0.4) is 0 Å². The highest BCUT2D eigenvalue weighted by molar-refractivity contribution is 5.91. The molecule has 0 radical (unpaired) electrons. The maximum Gasteiger partial charge on any atom is 0.224 e. The van der Waals surface area contributed by atoms with Gasteiger partial charge in [-0.15, -0.1) is 0 Å². The zero-order valence-corrected chi connectivity index (χ0v) is 11.4. The summed E-state index contributed by atoms with van der Waals surface area (Å²) in [6, 6.07) is 7.94. The number of amides is 1. The first-order chi connectivity index (χ1) is 8.49. The summed E-state index contributed by atoms with van der Waals surface area (Å²) in [7, 11) is 4.02. The summed E-state index contributed by atoms with van der Waals surface area (Å²) in [6.07, 6.45) is 1.18. The molecule has 0 aliphatic rings. The van der Waals surface area contributed by atoms with Gasteiger partial charge in [0.2, 0.25) is 5.91 Å². The molecule has 4 nitrogen and oxygen atoms in total. The Balaban J connectivity index is 2.63. The molecule has 1 aromatic rings. The summed E-state index contributed by atoms with van der Waals surface area (Å²) in [5.41, 5.74) is 7.65. The molecule has 0 aromatic heterocycles. The van der Waals surface area contributed by atoms with E-state index in [1.54, 1.807) is 0 Å². The van der Waals surface area contributed by atoms with E-state index in [2.05, 4.69) is 10.2 Å². The highest BCUT2D eigenvalue weighted by Crippen LogP contribution is 2.16. The fraction of sp³-hybridized carbons (Fsp3) is 0.500. The molecule has 0 fully saturated rings. The SMILES string of the molecule is CC(N)CCC(=O)Nc1ccccc1CN(C)C. The lowest BCUT2D eigenvalue weighted by molar-refractivity contribution is -0.116. The van der Waals surface area contributed by atoms with Crippen molar-refractivity contribution < 1.29 is 4.79 Å². The van der Waals surface area contributed by atoms with Gasteiger partial charge in [-0.1, -0.05) is 18.2 Å². The van der Waals surface area contributed by atoms with Crippen molar-refractivity contribution in [3.63, 3.8) is 0 Å². The molecule has 3 N–H and O–H groups in total. The Morgan fingerprint density at radius 2 is 2.06 bits per heavy atom. The molecule has 0 aliphatic carbocycles. The van der Waals surface area contributed by atoms with E-state index in [4.69, 9.17) is 5.73 Å². The predicted octanol–water partition coefficient (Wildman–Crippen LogP) is 1.81. The van der Waals surface area contributed by atoms with Gasteiger partial charge >= 0.3 is 0 Å². The van der Waals surface area contributed by atoms with E-state index >= 15 is 0 Å². The van der Waals surface area contributed by atoms with E-state index < -0.39 is 0 Å². The molecule has 4 heteroatoms. The second kappa shape index (κ2) is 7.13. The standard InChI is InChI=1S/C14H23N3O/c1-11(15)8-9-14(18)16-13-7-5-4-6-12(13)10-17(2)3/h4-7,11H,8-10,15H2,1-3H3,(H,16,18). The second-order valence-electron chi connectivity index (χ2n) is 4.96. The molecule has 100 valence electrons. The molecule has 18 heavy (non-hydrogen) atoms. The molecule has 0 aliphatic heterocycles. The molecule has 1 unspecified atom stereocenters. The quantitative estimate of drug-likeness (QED) is 0.808. The number of rotatable bonds is 6. The molecular weight excluding hydrogens is 226 g/mol. The van der Waals surface area contributed by atoms with Gasteiger partial charge in [0.1, 0.15) is 0 Å². The van der Waals surface area contributed by atoms with Crippen LogP contribution in [-0.2, 0) is 11.3 Å². The normalized spacial score (nSPS) is 12.5. The largest absolute Gasteiger partial charge is 0.328 e. The Bertz CT molecular complexity index is 388. The van der Waals surface area contributed by atoms with E-state index in [1.807, 2.05) is 45.3 Å². The topological polar surface area (TPSA) is 58.4 Å². The molecule has 1 atom stereocenters. The predicted molar refractivity (Wildman–Crippen MR) is 75.3 cm³/mol. The minimum absolute atomic E-state index is 0.0264. The summed E-state index contributed by atoms with van der Waals surface area (Å²) in [5, 5.41) is 2.95. The highest BCUT2D eigenvalue weighted by atomic mass is 16.1. The lowest BCUT2D eigenvalue weighted by Gasteiger charge is -2.15. The van der Waals surface area contributed by atoms with E-state index in [0.29, 0.717) is 12.8 Å². The molecule has 1 amide bonds. The van der Waals surface area contributed by atoms with E-state index in [0.717, 1.165) is 17.8 Å². The van der Waals surface area contributed by atoms with Gasteiger partial charge in [-0.05, 0) is 39.1 Å². The molecule has 0 saturated heterocycles. The van der Waals surface area contributed by atoms with Gasteiger partial charge in [-0.25, -0.2) is 0 Å². The zero-order valence-electron chi connectivity index (χ0n) is 11.4. The third-order valence-electron chi connectivity index (χ3n) is 2.60. The summed E-state index contributed by atoms with van der Waals surface area (Å²) in [6.45, 7) is 2.72. The van der Waals surface area contributed by atoms with Crippen molar-refractivity contribution >= 4 is 11.6 Å². The third-order valence-corrected chi connectivity index (χ3v) is 2.60. The number of benzene rings is 1. The Kier molecular flexibility index (Phi) is 5.82. The van der Waals surface area contributed by atoms with Crippen LogP contribution < -0.4 is 11.1 Å². The van der Waals surface area contributed by atoms with Gasteiger partial charge in [0.15, 0.2) is 0 Å². The molecule has 1 rings (SSSR count). The first-order valence-electron chi connectivity index (χ1n) is 6.27. The van der Waals surface area contributed by atoms with Crippen LogP contribution in [0, 0.1) is 0 Å². The first kappa shape index (κ1) is 14.7. The fourth-order valence-electron chi connectivity index (χ4n) is 1.69. The van der Waals surface area contributed by atoms with Crippen LogP contribution in [0.5, 0.6) is 0 Å². The van der Waals surface area contributed by atoms with Crippen molar-refractivity contribution in [3.05, 3.63) is 29.8 Å². The van der Waals surface area contributed by atoms with Gasteiger partial charge in [0.05, 0.1) is 0 Å². The number of nitrogens with two attached hydrogens (primary N) is 1. The Morgan fingerprint density at radius 1 is 1.39 bits per heavy atom. The molecule has 0 bridgehead atoms. The van der Waals surface area contributed by atoms with Gasteiger partial charge < -0.3 is 16.0 Å². The van der Waals surface area contributed by atoms with E-state index in [1.165, 1.54) is 0 Å². The number of para-hydroxylation sites is 1. The molecule has 1 aromatic carbocycles. The number of nitrogens with one attached hydrogen (secondary N) is 1. The number of nitrogens with zero attached hydrogens (tertiary/aromatic N) is 1. The average molecular weight is 249 g/mol. The van der Waals surface area contributed by atoms with Crippen LogP contribution in [-0.4, -0.2) is 30.9 Å². The summed E-state index contributed by atoms with van der Waals surface area (Å²) in [4.78, 5) is 13.9. The minimum atomic E-state index is 0.0264. The van der Waals surface area contributed by atoms with Crippen LogP contribution in [0.1, 0.15) is 25.3 Å². The Morgan fingerprint density at radius 3 is 2.67 bits per heavy atom. The Hall–Kier alpha value is -1.39. The number of anilines is 1. The molecule has 0 spiro atoms. The van der Waals surface area contributed by atoms with Crippen LogP contribution in [0.4, 0.5) is 5.69 Å². The number of carbonyl (C=O) groups is 1. The maximum absolute atomic E-state index is 11.8. The van der Waals surface area contributed by atoms with Gasteiger partial charge in [0, 0.05) is 24.7 Å². The van der Waals surface area contributed by atoms with Crippen molar-refractivity contribution in [3.8, 4) is 0 Å². The fourth-order valence-corrected chi connectivity index (χ4v) is 1.69. The minimum Gasteiger partial charge on any atom is -0.328 e. The van der Waals surface area contributed by atoms with Crippen LogP contribution in [0.2, 0.25) is 0 Å². The zero-order chi connectivity index (χ0) is 13.5. The van der Waals surface area contributed by atoms with Crippen LogP contribution in [0.15, 0.2) is 24.3 Å². The summed E-state index contributed by atoms with van der Waals surface area (Å²) >= 11 is 0. The summed E-state index contributed by atoms with van der Waals surface area (Å²) in [5.74, 6) is 0.0264. The number of hydrogen-bond acceptors (Lipinski definition) is 3. The van der Waals surface area contributed by atoms with Crippen molar-refractivity contribution in [2.75, 3.05) is 19.4 Å². The molecule has 0 saturated carbocycles. The number of carbonyl (C=O) groups excluding carboxylic acids is 1. The van der Waals surface area contributed by atoms with Crippen molar-refractivity contribution in [1.29, 1.82) is 0 Å². The lowest BCUT2D eigenvalue weighted by atomic mass is 10.1. The monoisotopic (exact) mass is 249 g/mol. The van der Waals surface area contributed by atoms with Gasteiger partial charge in [0.25, 0.3) is 0 Å². The van der Waals surface area contributed by atoms with E-state index in [-0.39, 0.29) is 11.9 Å². The highest BCUT2D eigenvalue weighted by Gasteiger charge is 2.07. The third kappa shape index (κ3) is 5.29. The lowest BCUT2D eigenvalue weighted by Crippen LogP contribution is -2.20. The number of hydrogen-bond donors (Lipinski definition) is 2. The smallest absolute Gasteiger partial charge is 0.224 e. The van der Waals surface area contributed by atoms with Crippen LogP contribution >= 0.6 is 0 Å². The van der Waals surface area contributed by atoms with Crippen molar-refractivity contribution in [2.24, 2.45) is 5.73 Å². The maximum atomic E-state index is 11.8. The van der Waals surface area contributed by atoms with Crippen molar-refractivity contribution in [1.82, 2.24) is 4.90 Å².